The molecule has 3 aliphatic carbocycles. The Kier molecular flexibility index (Phi) is 3.31. The maximum Gasteiger partial charge on any atom is 0.201 e. The fourth-order valence-corrected chi connectivity index (χ4v) is 5.20. The molecule has 29 heavy (non-hydrogen) atoms. The molecule has 3 aromatic rings. The molecule has 2 aromatic carbocycles. The molecule has 142 valence electrons. The first-order chi connectivity index (χ1) is 14.2. The van der Waals surface area contributed by atoms with Crippen LogP contribution in [0.1, 0.15) is 39.1 Å². The molecule has 1 aromatic heterocycles. The van der Waals surface area contributed by atoms with E-state index in [0.29, 0.717) is 17.0 Å². The second kappa shape index (κ2) is 5.71. The summed E-state index contributed by atoms with van der Waals surface area (Å²) in [5.74, 6) is -0.287. The maximum atomic E-state index is 13.7. The van der Waals surface area contributed by atoms with Gasteiger partial charge in [-0.25, -0.2) is 0 Å². The molecule has 0 saturated heterocycles. The number of hydrogen-bond acceptors (Lipinski definition) is 4. The van der Waals surface area contributed by atoms with Gasteiger partial charge in [0.25, 0.3) is 0 Å². The molecular weight excluding hydrogens is 362 g/mol. The van der Waals surface area contributed by atoms with Gasteiger partial charge in [0.1, 0.15) is 0 Å². The van der Waals surface area contributed by atoms with E-state index in [1.54, 1.807) is 25.3 Å². The number of nitrogens with zero attached hydrogens (tertiary/aromatic N) is 1. The largest absolute Gasteiger partial charge is 0.364 e. The van der Waals surface area contributed by atoms with Crippen molar-refractivity contribution in [2.75, 3.05) is 7.11 Å². The van der Waals surface area contributed by atoms with Crippen molar-refractivity contribution in [1.82, 2.24) is 4.98 Å². The van der Waals surface area contributed by atoms with Gasteiger partial charge >= 0.3 is 0 Å². The molecule has 4 heteroatoms. The maximum absolute atomic E-state index is 13.7. The minimum atomic E-state index is -1.24. The first-order valence-electron chi connectivity index (χ1n) is 9.99. The van der Waals surface area contributed by atoms with Crippen LogP contribution in [-0.2, 0) is 4.74 Å². The molecule has 2 unspecified atom stereocenters. The van der Waals surface area contributed by atoms with E-state index in [4.69, 9.17) is 4.74 Å². The Balaban J connectivity index is 1.62. The van der Waals surface area contributed by atoms with Crippen molar-refractivity contribution >= 4 is 28.0 Å². The molecule has 1 fully saturated rings. The highest BCUT2D eigenvalue weighted by molar-refractivity contribution is 6.28. The van der Waals surface area contributed by atoms with Crippen LogP contribution in [0, 0.1) is 11.8 Å². The van der Waals surface area contributed by atoms with E-state index in [9.17, 15) is 9.59 Å². The minimum Gasteiger partial charge on any atom is -0.364 e. The van der Waals surface area contributed by atoms with Gasteiger partial charge in [0.2, 0.25) is 5.78 Å². The number of aromatic nitrogens is 1. The standard InChI is InChI=1S/C25H19NO3/c1-29-25-21(16-12-15-6-2-5-9-19(15)26-13-16)20(14-10-11-14)22(25)23(27)17-7-3-4-8-18(17)24(25)28/h2-9,12-14,22H,10-11H2,1H3. The average molecular weight is 381 g/mol. The molecule has 4 nitrogen and oxygen atoms in total. The first-order valence-corrected chi connectivity index (χ1v) is 9.99. The SMILES string of the molecule is COC12C(=O)c3ccccc3C(=O)C1C(C1CC1)=C2c1cnc2ccccc2c1. The average Bonchev–Trinajstić information content (AvgIpc) is 3.57. The number of carbonyl (C=O) groups is 2. The quantitative estimate of drug-likeness (QED) is 0.671. The van der Waals surface area contributed by atoms with Gasteiger partial charge in [-0.2, -0.15) is 0 Å². The monoisotopic (exact) mass is 381 g/mol. The van der Waals surface area contributed by atoms with E-state index in [-0.39, 0.29) is 11.6 Å². The number of hydrogen-bond donors (Lipinski definition) is 0. The highest BCUT2D eigenvalue weighted by atomic mass is 16.5. The second-order valence-electron chi connectivity index (χ2n) is 8.13. The predicted octanol–water partition coefficient (Wildman–Crippen LogP) is 4.49. The molecule has 0 spiro atoms. The van der Waals surface area contributed by atoms with E-state index in [1.807, 2.05) is 36.5 Å². The van der Waals surface area contributed by atoms with Crippen LogP contribution in [0.3, 0.4) is 0 Å². The number of pyridine rings is 1. The number of rotatable bonds is 3. The molecule has 0 N–H and O–H groups in total. The van der Waals surface area contributed by atoms with Crippen LogP contribution in [-0.4, -0.2) is 29.3 Å². The molecule has 0 bridgehead atoms. The number of ketones is 2. The van der Waals surface area contributed by atoms with E-state index >= 15 is 0 Å². The van der Waals surface area contributed by atoms with Crippen molar-refractivity contribution in [2.45, 2.75) is 18.4 Å². The third-order valence-electron chi connectivity index (χ3n) is 6.63. The predicted molar refractivity (Wildman–Crippen MR) is 110 cm³/mol. The van der Waals surface area contributed by atoms with Gasteiger partial charge in [0.15, 0.2) is 11.4 Å². The summed E-state index contributed by atoms with van der Waals surface area (Å²) >= 11 is 0. The van der Waals surface area contributed by atoms with Crippen LogP contribution in [0.2, 0.25) is 0 Å². The third-order valence-corrected chi connectivity index (χ3v) is 6.63. The molecule has 1 saturated carbocycles. The molecular formula is C25H19NO3. The normalized spacial score (nSPS) is 25.6. The minimum absolute atomic E-state index is 0.00134. The van der Waals surface area contributed by atoms with Gasteiger partial charge in [0.05, 0.1) is 11.4 Å². The van der Waals surface area contributed by atoms with Gasteiger partial charge in [0, 0.05) is 35.4 Å². The molecule has 0 radical (unpaired) electrons. The second-order valence-corrected chi connectivity index (χ2v) is 8.13. The first kappa shape index (κ1) is 16.8. The molecule has 0 aliphatic heterocycles. The summed E-state index contributed by atoms with van der Waals surface area (Å²) in [5, 5.41) is 1.01. The van der Waals surface area contributed by atoms with Gasteiger partial charge < -0.3 is 4.74 Å². The molecule has 2 atom stereocenters. The van der Waals surface area contributed by atoms with Crippen LogP contribution < -0.4 is 0 Å². The van der Waals surface area contributed by atoms with Crippen molar-refractivity contribution in [1.29, 1.82) is 0 Å². The Morgan fingerprint density at radius 1 is 1.00 bits per heavy atom. The number of carbonyl (C=O) groups excluding carboxylic acids is 2. The summed E-state index contributed by atoms with van der Waals surface area (Å²) in [6, 6.07) is 17.1. The summed E-state index contributed by atoms with van der Waals surface area (Å²) in [4.78, 5) is 31.7. The lowest BCUT2D eigenvalue weighted by molar-refractivity contribution is -0.00297. The van der Waals surface area contributed by atoms with Crippen LogP contribution in [0.5, 0.6) is 0 Å². The van der Waals surface area contributed by atoms with Crippen molar-refractivity contribution in [3.8, 4) is 0 Å². The van der Waals surface area contributed by atoms with Crippen LogP contribution in [0.15, 0.2) is 66.4 Å². The summed E-state index contributed by atoms with van der Waals surface area (Å²) < 4.78 is 5.95. The summed E-state index contributed by atoms with van der Waals surface area (Å²) in [7, 11) is 1.55. The zero-order valence-electron chi connectivity index (χ0n) is 16.0. The molecule has 6 rings (SSSR count). The van der Waals surface area contributed by atoms with Gasteiger partial charge in [-0.05, 0) is 42.0 Å². The fourth-order valence-electron chi connectivity index (χ4n) is 5.20. The lowest BCUT2D eigenvalue weighted by Gasteiger charge is -2.52. The van der Waals surface area contributed by atoms with E-state index in [2.05, 4.69) is 11.1 Å². The number of fused-ring (bicyclic) bond motifs is 3. The van der Waals surface area contributed by atoms with Crippen LogP contribution in [0.4, 0.5) is 0 Å². The summed E-state index contributed by atoms with van der Waals surface area (Å²) in [5.41, 5.74) is 3.46. The lowest BCUT2D eigenvalue weighted by atomic mass is 9.53. The fraction of sp³-hybridized carbons (Fsp3) is 0.240. The Morgan fingerprint density at radius 3 is 2.48 bits per heavy atom. The van der Waals surface area contributed by atoms with E-state index in [0.717, 1.165) is 40.5 Å². The third kappa shape index (κ3) is 2.04. The molecule has 1 heterocycles. The number of Topliss-reactive ketones (excluding diaryl/α,β-unsaturated/α-hetero) is 2. The van der Waals surface area contributed by atoms with Crippen molar-refractivity contribution in [3.05, 3.63) is 83.1 Å². The van der Waals surface area contributed by atoms with E-state index < -0.39 is 11.5 Å². The zero-order chi connectivity index (χ0) is 19.8. The van der Waals surface area contributed by atoms with E-state index in [1.165, 1.54) is 0 Å². The Bertz CT molecular complexity index is 1250. The summed E-state index contributed by atoms with van der Waals surface area (Å²) in [6.45, 7) is 0. The van der Waals surface area contributed by atoms with Crippen LogP contribution in [0.25, 0.3) is 16.5 Å². The number of methoxy groups -OCH3 is 1. The van der Waals surface area contributed by atoms with Gasteiger partial charge in [-0.15, -0.1) is 0 Å². The number of para-hydroxylation sites is 1. The van der Waals surface area contributed by atoms with Crippen molar-refractivity contribution < 1.29 is 14.3 Å². The Morgan fingerprint density at radius 2 is 1.72 bits per heavy atom. The van der Waals surface area contributed by atoms with Crippen LogP contribution >= 0.6 is 0 Å². The topological polar surface area (TPSA) is 56.3 Å². The lowest BCUT2D eigenvalue weighted by Crippen LogP contribution is -2.62. The highest BCUT2D eigenvalue weighted by Crippen LogP contribution is 2.62. The van der Waals surface area contributed by atoms with Gasteiger partial charge in [-0.3, -0.25) is 14.6 Å². The molecule has 0 amide bonds. The number of benzene rings is 2. The zero-order valence-corrected chi connectivity index (χ0v) is 16.0. The van der Waals surface area contributed by atoms with Crippen molar-refractivity contribution in [2.24, 2.45) is 11.8 Å². The molecule has 3 aliphatic rings. The Labute approximate surface area is 168 Å². The highest BCUT2D eigenvalue weighted by Gasteiger charge is 2.67. The van der Waals surface area contributed by atoms with Gasteiger partial charge in [-0.1, -0.05) is 42.5 Å². The number of ether oxygens (including phenoxy) is 1. The Hall–Kier alpha value is -3.11. The smallest absolute Gasteiger partial charge is 0.201 e. The summed E-state index contributed by atoms with van der Waals surface area (Å²) in [6.07, 6.45) is 3.92. The van der Waals surface area contributed by atoms with Crippen molar-refractivity contribution in [3.63, 3.8) is 0 Å².